The predicted octanol–water partition coefficient (Wildman–Crippen LogP) is -11.0. The maximum Gasteiger partial charge on any atom is 0.223 e. The lowest BCUT2D eigenvalue weighted by Crippen LogP contribution is -2.76. The number of carboxylic acid groups (broad SMARTS) is 1. The van der Waals surface area contributed by atoms with E-state index in [2.05, 4.69) is 26.1 Å². The van der Waals surface area contributed by atoms with Gasteiger partial charge in [0.25, 0.3) is 0 Å². The van der Waals surface area contributed by atoms with Crippen molar-refractivity contribution in [2.24, 2.45) is 0 Å². The molecule has 7 rings (SSSR count). The second-order valence-corrected chi connectivity index (χ2v) is 24.6. The molecule has 7 aliphatic heterocycles. The van der Waals surface area contributed by atoms with Crippen molar-refractivity contribution < 1.29 is 210 Å². The quantitative estimate of drug-likeness (QED) is 0.0107. The second-order valence-electron chi connectivity index (χ2n) is 19.0. The maximum absolute atomic E-state index is 13.1. The van der Waals surface area contributed by atoms with Gasteiger partial charge in [-0.25, -0.2) is 42.1 Å². The van der Waals surface area contributed by atoms with E-state index >= 15 is 0 Å². The van der Waals surface area contributed by atoms with Gasteiger partial charge in [0.05, 0.1) is 25.8 Å². The lowest BCUT2D eigenvalue weighted by molar-refractivity contribution is -0.777. The third-order valence-electron chi connectivity index (χ3n) is 13.9. The minimum Gasteiger partial charge on any atom is -0.834 e. The van der Waals surface area contributed by atoms with Crippen LogP contribution in [0.3, 0.4) is 0 Å². The molecule has 25 atom stereocenters. The van der Waals surface area contributed by atoms with E-state index in [1.165, 1.54) is 0 Å². The largest absolute Gasteiger partial charge is 0.834 e. The van der Waals surface area contributed by atoms with E-state index in [9.17, 15) is 85.1 Å². The minimum absolute atomic E-state index is 0.271. The van der Waals surface area contributed by atoms with Crippen molar-refractivity contribution in [2.45, 2.75) is 153 Å². The van der Waals surface area contributed by atoms with Gasteiger partial charge in [0.1, 0.15) is 110 Å². The highest BCUT2D eigenvalue weighted by atomic mass is 32.3. The number of carboxylic acids is 1. The molecular weight excluding hydrogens is 1400 g/mol. The number of methoxy groups -OCH3 is 8. The van der Waals surface area contributed by atoms with Crippen LogP contribution in [-0.2, 0) is 181 Å². The molecule has 0 aliphatic carbocycles. The number of carbonyl (C=O) groups excluding carboxylic acids is 1. The first-order chi connectivity index (χ1) is 42.6. The molecule has 0 aromatic carbocycles. The van der Waals surface area contributed by atoms with Crippen molar-refractivity contribution in [1.82, 2.24) is 0 Å². The highest BCUT2D eigenvalue weighted by molar-refractivity contribution is 7.89. The summed E-state index contributed by atoms with van der Waals surface area (Å²) in [5, 5.41) is 39.7. The summed E-state index contributed by atoms with van der Waals surface area (Å²) in [5.74, 6) is -5.09. The van der Waals surface area contributed by atoms with Crippen LogP contribution in [0.15, 0.2) is 0 Å². The maximum atomic E-state index is 13.1. The highest BCUT2D eigenvalue weighted by Gasteiger charge is 2.66. The monoisotopic (exact) mass is 1450 g/mol. The normalized spacial score (nSPS) is 39.5. The molecule has 0 saturated carbocycles. The van der Waals surface area contributed by atoms with Crippen LogP contribution in [0.1, 0.15) is 0 Å². The van der Waals surface area contributed by atoms with Crippen molar-refractivity contribution in [3.05, 3.63) is 0 Å². The third kappa shape index (κ3) is 20.2. The van der Waals surface area contributed by atoms with Crippen LogP contribution in [0.4, 0.5) is 0 Å². The Hall–Kier alpha value is -1.79. The summed E-state index contributed by atoms with van der Waals surface area (Å²) in [6.45, 7) is -6.02. The summed E-state index contributed by atoms with van der Waals surface area (Å²) in [6.07, 6.45) is -50.9. The van der Waals surface area contributed by atoms with Crippen LogP contribution in [0.2, 0.25) is 0 Å². The predicted molar refractivity (Wildman–Crippen MR) is 256 cm³/mol. The minimum atomic E-state index is -6.38. The van der Waals surface area contributed by atoms with Crippen molar-refractivity contribution >= 4 is 70.3 Å². The molecule has 0 radical (unpaired) electrons. The standard InChI is InChI=1S/C39H65O46S6/c1-59-9-14-18(23(80-86-85-84-43)30(34(66-8)71-14)82-90(53,54)55)75-38-29-25(63-5)32(39(79-38,12-67-29)68-13-40)78-37-31(83-91(56,57)58)24(81-89(50,51)52)19(16(73-37)11-70-88(47,48)49)74-36-28(65-7)21(62-4)22(26(77-36)33(41)42)76-35-27(64-6)20(61-3)17(60-2)15(72-35)10-69-87(44,45)46/h14-32,34-38,43H,9-13H2,1-8H3,(H,41,42)(H,44,45,46)(H,47,48,49)(H,50,51,52)(H,53,54,55)(H,56,57,58)/q-1/p-7/t14-,15-,16?,17+,18+,19?,20?,21?,22-,23?,24-,25-,26+,27?,28?,29+,30?,31?,32?,34-,35+,36+,37-,38+,39?/m0/s1. The number of fused-ring (bicyclic) bond motifs is 3. The summed E-state index contributed by atoms with van der Waals surface area (Å²) in [4.78, 5) is 13.1. The Morgan fingerprint density at radius 2 is 0.923 bits per heavy atom. The van der Waals surface area contributed by atoms with Crippen molar-refractivity contribution in [3.8, 4) is 0 Å². The van der Waals surface area contributed by atoms with E-state index in [-0.39, 0.29) is 12.3 Å². The zero-order valence-corrected chi connectivity index (χ0v) is 52.5. The van der Waals surface area contributed by atoms with Crippen LogP contribution < -0.4 is 15.5 Å². The molecule has 7 aliphatic rings. The number of ether oxygens (including phenoxy) is 19. The summed E-state index contributed by atoms with van der Waals surface area (Å²) in [5.41, 5.74) is 0. The van der Waals surface area contributed by atoms with Gasteiger partial charge < -0.3 is 133 Å². The topological polar surface area (TPSA) is 621 Å². The molecule has 0 N–H and O–H groups in total. The smallest absolute Gasteiger partial charge is 0.223 e. The molecule has 7 saturated heterocycles. The Balaban J connectivity index is 1.41. The first-order valence-electron chi connectivity index (χ1n) is 25.1. The van der Waals surface area contributed by atoms with Crippen LogP contribution in [0, 0.1) is 0 Å². The molecule has 0 spiro atoms. The fourth-order valence-electron chi connectivity index (χ4n) is 10.5. The third-order valence-corrected chi connectivity index (χ3v) is 16.6. The molecule has 52 heteroatoms. The number of rotatable bonds is 36. The molecule has 0 aromatic heterocycles. The van der Waals surface area contributed by atoms with Crippen LogP contribution in [-0.4, -0.2) is 314 Å². The molecule has 2 bridgehead atoms. The van der Waals surface area contributed by atoms with Crippen LogP contribution in [0.25, 0.3) is 0 Å². The molecule has 0 aromatic rings. The average Bonchev–Trinajstić information content (AvgIpc) is 0.766. The molecule has 91 heavy (non-hydrogen) atoms. The Bertz CT molecular complexity index is 2890. The van der Waals surface area contributed by atoms with E-state index < -0.39 is 244 Å². The fourth-order valence-corrected chi connectivity index (χ4v) is 12.9. The first kappa shape index (κ1) is 78.2. The van der Waals surface area contributed by atoms with Gasteiger partial charge >= 0.3 is 0 Å². The Morgan fingerprint density at radius 1 is 0.484 bits per heavy atom. The van der Waals surface area contributed by atoms with Gasteiger partial charge in [-0.3, -0.25) is 30.1 Å². The number of hydrogen-bond acceptors (Lipinski definition) is 47. The highest BCUT2D eigenvalue weighted by Crippen LogP contribution is 2.46. The number of aliphatic carboxylic acids is 1. The van der Waals surface area contributed by atoms with Crippen molar-refractivity contribution in [2.75, 3.05) is 90.1 Å². The Morgan fingerprint density at radius 3 is 1.40 bits per heavy atom. The van der Waals surface area contributed by atoms with E-state index in [4.69, 9.17) is 98.4 Å². The molecule has 46 nitrogen and oxygen atoms in total. The Labute approximate surface area is 521 Å². The molecule has 534 valence electrons. The molecular formula is C39H58O46S6-8. The first-order valence-corrected chi connectivity index (χ1v) is 32.5. The van der Waals surface area contributed by atoms with Crippen molar-refractivity contribution in [1.29, 1.82) is 0 Å². The van der Waals surface area contributed by atoms with Gasteiger partial charge in [0.2, 0.25) is 57.8 Å². The summed E-state index contributed by atoms with van der Waals surface area (Å²) in [6, 6.07) is 0. The van der Waals surface area contributed by atoms with Gasteiger partial charge in [-0.1, -0.05) is 0 Å². The van der Waals surface area contributed by atoms with Gasteiger partial charge in [-0.2, -0.15) is 0 Å². The fraction of sp³-hybridized carbons (Fsp3) is 0.974. The molecule has 0 amide bonds. The average molecular weight is 1460 g/mol. The summed E-state index contributed by atoms with van der Waals surface area (Å²) in [7, 11) is -21.7. The van der Waals surface area contributed by atoms with Gasteiger partial charge in [-0.15, -0.1) is 4.33 Å². The van der Waals surface area contributed by atoms with E-state index in [1.807, 2.05) is 0 Å². The van der Waals surface area contributed by atoms with Crippen LogP contribution in [0.5, 0.6) is 0 Å². The molecule has 7 heterocycles. The second kappa shape index (κ2) is 33.2. The zero-order valence-electron chi connectivity index (χ0n) is 47.6. The Kier molecular flexibility index (Phi) is 28.5. The van der Waals surface area contributed by atoms with E-state index in [0.717, 1.165) is 56.9 Å². The van der Waals surface area contributed by atoms with Gasteiger partial charge in [0, 0.05) is 56.9 Å². The summed E-state index contributed by atoms with van der Waals surface area (Å²) >= 11 is -0.271. The molecule has 11 unspecified atom stereocenters. The molecule has 7 fully saturated rings. The number of hydrogen-bond donors (Lipinski definition) is 0. The summed E-state index contributed by atoms with van der Waals surface area (Å²) < 4.78 is 323. The van der Waals surface area contributed by atoms with Crippen LogP contribution >= 0.6 is 12.3 Å². The van der Waals surface area contributed by atoms with Gasteiger partial charge in [-0.05, 0) is 6.79 Å². The number of carbonyl (C=O) groups is 1. The van der Waals surface area contributed by atoms with E-state index in [1.54, 1.807) is 0 Å². The zero-order chi connectivity index (χ0) is 67.8. The SMILES string of the molecule is COC[C@@H]1O[C@H](OC)C(OS(=O)(=O)[O-])C(OSOO[O-])[C@@H]1O[C@@H]1OC2(OC[O-])CO[C@@H]1[C@H](OC)C2O[C@@H]1OC(COS(=O)(=O)[O-])C(O[C@@H]2O[C@@H](C(=O)[O-])[C@@H](O[C@H]3O[C@@H](COS(=O)(=O)[O-])[C@@H](OC)C(OC)C3OC)C(OC)C2OC)[C@H](OS(=O)(=O)[O-])C1OS(=O)(=O)[O-]. The van der Waals surface area contributed by atoms with Crippen molar-refractivity contribution in [3.63, 3.8) is 0 Å². The lowest BCUT2D eigenvalue weighted by atomic mass is 9.91. The van der Waals surface area contributed by atoms with E-state index in [0.29, 0.717) is 0 Å². The lowest BCUT2D eigenvalue weighted by Gasteiger charge is -2.58. The van der Waals surface area contributed by atoms with Gasteiger partial charge in [0.15, 0.2) is 56.0 Å².